The van der Waals surface area contributed by atoms with Crippen LogP contribution in [0.4, 0.5) is 0 Å². The number of pyridine rings is 1. The molecule has 5 rings (SSSR count). The molecule has 2 N–H and O–H groups in total. The Labute approximate surface area is 214 Å². The van der Waals surface area contributed by atoms with Gasteiger partial charge in [0.05, 0.1) is 11.3 Å². The standard InChI is InChI=1S/C30H41N3O3/c1-19(2)27-25-17-23(22-8-12-33(13-9-22)18-30(35)10-14-36-15-11-30)6-7-26(25)31-28(27)24-16-20(3)29(34)32(5)21(24)4/h6-7,16-17,19,22,31,35H,8-15,18H2,1-5H3. The van der Waals surface area contributed by atoms with Crippen LogP contribution in [0.1, 0.15) is 73.8 Å². The van der Waals surface area contributed by atoms with Gasteiger partial charge < -0.3 is 24.3 Å². The molecular formula is C30H41N3O3. The average molecular weight is 492 g/mol. The van der Waals surface area contributed by atoms with Crippen molar-refractivity contribution in [3.05, 3.63) is 57.0 Å². The number of hydrogen-bond donors (Lipinski definition) is 2. The largest absolute Gasteiger partial charge is 0.388 e. The summed E-state index contributed by atoms with van der Waals surface area (Å²) in [5.74, 6) is 0.887. The monoisotopic (exact) mass is 491 g/mol. The number of rotatable bonds is 5. The van der Waals surface area contributed by atoms with Crippen LogP contribution in [0.2, 0.25) is 0 Å². The number of aryl methyl sites for hydroxylation is 1. The zero-order valence-electron chi connectivity index (χ0n) is 22.5. The Balaban J connectivity index is 1.42. The minimum Gasteiger partial charge on any atom is -0.388 e. The number of β-amino-alcohol motifs (C(OH)–C–C–N with tert-alkyl or cyclic N) is 1. The molecule has 2 aliphatic rings. The summed E-state index contributed by atoms with van der Waals surface area (Å²) in [6, 6.07) is 8.97. The molecule has 2 fully saturated rings. The summed E-state index contributed by atoms with van der Waals surface area (Å²) in [4.78, 5) is 18.6. The summed E-state index contributed by atoms with van der Waals surface area (Å²) in [7, 11) is 1.86. The summed E-state index contributed by atoms with van der Waals surface area (Å²) in [6.45, 7) is 12.6. The molecule has 6 nitrogen and oxygen atoms in total. The van der Waals surface area contributed by atoms with Gasteiger partial charge in [-0.3, -0.25) is 4.79 Å². The van der Waals surface area contributed by atoms with E-state index in [1.807, 2.05) is 27.0 Å². The predicted molar refractivity (Wildman–Crippen MR) is 146 cm³/mol. The van der Waals surface area contributed by atoms with E-state index < -0.39 is 5.60 Å². The van der Waals surface area contributed by atoms with E-state index in [1.54, 1.807) is 4.57 Å². The number of H-pyrrole nitrogens is 1. The van der Waals surface area contributed by atoms with E-state index in [9.17, 15) is 9.90 Å². The lowest BCUT2D eigenvalue weighted by Gasteiger charge is -2.40. The van der Waals surface area contributed by atoms with E-state index in [0.29, 0.717) is 25.0 Å². The third-order valence-corrected chi connectivity index (χ3v) is 8.61. The molecule has 0 spiro atoms. The third-order valence-electron chi connectivity index (χ3n) is 8.61. The molecule has 2 aromatic heterocycles. The Morgan fingerprint density at radius 3 is 2.50 bits per heavy atom. The first kappa shape index (κ1) is 25.2. The van der Waals surface area contributed by atoms with Crippen LogP contribution in [-0.4, -0.2) is 58.0 Å². The number of aromatic amines is 1. The Morgan fingerprint density at radius 1 is 1.14 bits per heavy atom. The van der Waals surface area contributed by atoms with Crippen LogP contribution in [0, 0.1) is 13.8 Å². The normalized spacial score (nSPS) is 19.4. The molecule has 0 bridgehead atoms. The van der Waals surface area contributed by atoms with E-state index in [1.165, 1.54) is 16.5 Å². The van der Waals surface area contributed by atoms with Gasteiger partial charge in [-0.15, -0.1) is 0 Å². The minimum atomic E-state index is -0.588. The zero-order valence-corrected chi connectivity index (χ0v) is 22.5. The molecule has 194 valence electrons. The summed E-state index contributed by atoms with van der Waals surface area (Å²) < 4.78 is 7.21. The van der Waals surface area contributed by atoms with Gasteiger partial charge in [0, 0.05) is 67.4 Å². The van der Waals surface area contributed by atoms with Gasteiger partial charge in [-0.25, -0.2) is 0 Å². The lowest BCUT2D eigenvalue weighted by molar-refractivity contribution is -0.0820. The van der Waals surface area contributed by atoms with Gasteiger partial charge >= 0.3 is 0 Å². The fourth-order valence-corrected chi connectivity index (χ4v) is 6.28. The molecule has 6 heteroatoms. The summed E-state index contributed by atoms with van der Waals surface area (Å²) >= 11 is 0. The molecule has 0 amide bonds. The summed E-state index contributed by atoms with van der Waals surface area (Å²) in [5, 5.41) is 12.2. The van der Waals surface area contributed by atoms with Gasteiger partial charge in [0.25, 0.3) is 5.56 Å². The fourth-order valence-electron chi connectivity index (χ4n) is 6.28. The van der Waals surface area contributed by atoms with Crippen molar-refractivity contribution < 1.29 is 9.84 Å². The van der Waals surface area contributed by atoms with Crippen LogP contribution >= 0.6 is 0 Å². The number of nitrogens with zero attached hydrogens (tertiary/aromatic N) is 2. The van der Waals surface area contributed by atoms with Crippen molar-refractivity contribution in [1.29, 1.82) is 0 Å². The Kier molecular flexibility index (Phi) is 6.88. The SMILES string of the molecule is Cc1cc(-c2[nH]c3ccc(C4CCN(CC5(O)CCOCC5)CC4)cc3c2C(C)C)c(C)n(C)c1=O. The van der Waals surface area contributed by atoms with Crippen LogP contribution in [0.15, 0.2) is 29.1 Å². The van der Waals surface area contributed by atoms with Crippen molar-refractivity contribution in [3.8, 4) is 11.3 Å². The molecule has 0 saturated carbocycles. The fraction of sp³-hybridized carbons (Fsp3) is 0.567. The third kappa shape index (κ3) is 4.67. The van der Waals surface area contributed by atoms with Gasteiger partial charge in [0.2, 0.25) is 0 Å². The number of piperidine rings is 1. The van der Waals surface area contributed by atoms with Crippen LogP contribution in [-0.2, 0) is 11.8 Å². The van der Waals surface area contributed by atoms with Crippen LogP contribution in [0.5, 0.6) is 0 Å². The highest BCUT2D eigenvalue weighted by Gasteiger charge is 2.33. The number of fused-ring (bicyclic) bond motifs is 1. The van der Waals surface area contributed by atoms with Gasteiger partial charge in [0.15, 0.2) is 0 Å². The smallest absolute Gasteiger partial charge is 0.253 e. The van der Waals surface area contributed by atoms with Crippen molar-refractivity contribution >= 4 is 10.9 Å². The average Bonchev–Trinajstić information content (AvgIpc) is 3.24. The second-order valence-electron chi connectivity index (χ2n) is 11.5. The highest BCUT2D eigenvalue weighted by molar-refractivity contribution is 5.92. The first-order chi connectivity index (χ1) is 17.2. The van der Waals surface area contributed by atoms with E-state index >= 15 is 0 Å². The second kappa shape index (κ2) is 9.81. The number of benzene rings is 1. The van der Waals surface area contributed by atoms with Crippen LogP contribution in [0.3, 0.4) is 0 Å². The summed E-state index contributed by atoms with van der Waals surface area (Å²) in [6.07, 6.45) is 3.72. The van der Waals surface area contributed by atoms with Gasteiger partial charge in [-0.1, -0.05) is 19.9 Å². The van der Waals surface area contributed by atoms with Gasteiger partial charge in [-0.2, -0.15) is 0 Å². The molecule has 4 heterocycles. The molecule has 0 unspecified atom stereocenters. The first-order valence-electron chi connectivity index (χ1n) is 13.5. The molecule has 36 heavy (non-hydrogen) atoms. The lowest BCUT2D eigenvalue weighted by Crippen LogP contribution is -2.48. The molecule has 0 aliphatic carbocycles. The van der Waals surface area contributed by atoms with E-state index in [-0.39, 0.29) is 5.56 Å². The minimum absolute atomic E-state index is 0.0658. The van der Waals surface area contributed by atoms with E-state index in [2.05, 4.69) is 41.9 Å². The number of nitrogens with one attached hydrogen (secondary N) is 1. The van der Waals surface area contributed by atoms with Crippen LogP contribution < -0.4 is 5.56 Å². The van der Waals surface area contributed by atoms with Crippen molar-refractivity contribution in [2.24, 2.45) is 7.05 Å². The summed E-state index contributed by atoms with van der Waals surface area (Å²) in [5.41, 5.74) is 7.36. The number of aromatic nitrogens is 2. The lowest BCUT2D eigenvalue weighted by atomic mass is 9.86. The maximum atomic E-state index is 12.5. The van der Waals surface area contributed by atoms with Gasteiger partial charge in [-0.05, 0) is 80.9 Å². The Morgan fingerprint density at radius 2 is 1.83 bits per heavy atom. The van der Waals surface area contributed by atoms with E-state index in [0.717, 1.165) is 73.3 Å². The molecule has 2 saturated heterocycles. The quantitative estimate of drug-likeness (QED) is 0.527. The van der Waals surface area contributed by atoms with Crippen molar-refractivity contribution in [2.45, 2.75) is 70.8 Å². The highest BCUT2D eigenvalue weighted by atomic mass is 16.5. The topological polar surface area (TPSA) is 70.5 Å². The molecule has 0 atom stereocenters. The maximum absolute atomic E-state index is 12.5. The first-order valence-corrected chi connectivity index (χ1v) is 13.5. The van der Waals surface area contributed by atoms with Crippen molar-refractivity contribution in [2.75, 3.05) is 32.8 Å². The second-order valence-corrected chi connectivity index (χ2v) is 11.5. The molecule has 1 aromatic carbocycles. The van der Waals surface area contributed by atoms with Crippen molar-refractivity contribution in [3.63, 3.8) is 0 Å². The molecule has 3 aromatic rings. The number of aliphatic hydroxyl groups is 1. The maximum Gasteiger partial charge on any atom is 0.253 e. The van der Waals surface area contributed by atoms with Crippen LogP contribution in [0.25, 0.3) is 22.2 Å². The number of likely N-dealkylation sites (tertiary alicyclic amines) is 1. The van der Waals surface area contributed by atoms with Crippen molar-refractivity contribution in [1.82, 2.24) is 14.5 Å². The Hall–Kier alpha value is -2.41. The zero-order chi connectivity index (χ0) is 25.6. The highest BCUT2D eigenvalue weighted by Crippen LogP contribution is 2.39. The molecular weight excluding hydrogens is 450 g/mol. The number of hydrogen-bond acceptors (Lipinski definition) is 4. The Bertz CT molecular complexity index is 1310. The predicted octanol–water partition coefficient (Wildman–Crippen LogP) is 4.99. The molecule has 0 radical (unpaired) electrons. The van der Waals surface area contributed by atoms with Gasteiger partial charge in [0.1, 0.15) is 0 Å². The number of ether oxygens (including phenoxy) is 1. The molecule has 2 aliphatic heterocycles. The van der Waals surface area contributed by atoms with E-state index in [4.69, 9.17) is 4.74 Å².